The van der Waals surface area contributed by atoms with Gasteiger partial charge in [0.25, 0.3) is 0 Å². The summed E-state index contributed by atoms with van der Waals surface area (Å²) in [5.74, 6) is -16.7. The van der Waals surface area contributed by atoms with Crippen LogP contribution in [0.4, 0.5) is 0 Å². The van der Waals surface area contributed by atoms with Crippen LogP contribution in [0.25, 0.3) is 0 Å². The van der Waals surface area contributed by atoms with E-state index < -0.39 is 223 Å². The molecule has 14 amide bonds. The summed E-state index contributed by atoms with van der Waals surface area (Å²) >= 11 is 0. The number of hydrogen-bond acceptors (Lipinski definition) is 22. The number of fused-ring (bicyclic) bond motifs is 8. The fourth-order valence-electron chi connectivity index (χ4n) is 13.0. The van der Waals surface area contributed by atoms with Gasteiger partial charge in [-0.05, 0) is 101 Å². The van der Waals surface area contributed by atoms with E-state index in [1.165, 1.54) is 14.7 Å². The van der Waals surface area contributed by atoms with Gasteiger partial charge < -0.3 is 106 Å². The van der Waals surface area contributed by atoms with E-state index in [0.29, 0.717) is 37.8 Å². The number of aliphatic hydroxyl groups is 2. The second-order valence-electron chi connectivity index (χ2n) is 27.3. The Balaban J connectivity index is 1.50. The van der Waals surface area contributed by atoms with Crippen molar-refractivity contribution in [3.8, 4) is 0 Å². The average molecular weight is 1520 g/mol. The molecule has 1 aromatic rings. The van der Waals surface area contributed by atoms with Crippen LogP contribution >= 0.6 is 21.6 Å². The fourth-order valence-corrected chi connectivity index (χ4v) is 15.3. The highest BCUT2D eigenvalue weighted by molar-refractivity contribution is 8.76. The van der Waals surface area contributed by atoms with Crippen LogP contribution in [0.1, 0.15) is 130 Å². The number of benzene rings is 1. The molecule has 16 atom stereocenters. The van der Waals surface area contributed by atoms with E-state index in [2.05, 4.69) is 69.5 Å². The largest absolute Gasteiger partial charge is 0.481 e. The molecule has 0 radical (unpaired) electrons. The van der Waals surface area contributed by atoms with E-state index in [4.69, 9.17) is 11.5 Å². The highest BCUT2D eigenvalue weighted by Crippen LogP contribution is 2.29. The Morgan fingerprint density at radius 1 is 0.543 bits per heavy atom. The molecule has 6 rings (SSSR count). The number of amides is 14. The predicted octanol–water partition coefficient (Wildman–Crippen LogP) is -6.50. The van der Waals surface area contributed by atoms with Gasteiger partial charge in [0.15, 0.2) is 0 Å². The highest BCUT2D eigenvalue weighted by atomic mass is 33.1. The van der Waals surface area contributed by atoms with Crippen LogP contribution in [-0.4, -0.2) is 267 Å². The minimum absolute atomic E-state index is 0.0267. The van der Waals surface area contributed by atoms with Crippen LogP contribution in [0.5, 0.6) is 0 Å². The van der Waals surface area contributed by atoms with Gasteiger partial charge in [-0.1, -0.05) is 92.5 Å². The lowest BCUT2D eigenvalue weighted by molar-refractivity contribution is -0.368. The molecule has 584 valence electrons. The van der Waals surface area contributed by atoms with E-state index in [9.17, 15) is 72.9 Å². The summed E-state index contributed by atoms with van der Waals surface area (Å²) in [7, 11) is 1.72. The van der Waals surface area contributed by atoms with Crippen LogP contribution in [-0.2, 0) is 78.3 Å². The Morgan fingerprint density at radius 2 is 1.02 bits per heavy atom. The molecule has 5 heterocycles. The van der Waals surface area contributed by atoms with Crippen LogP contribution in [0.2, 0.25) is 0 Å². The third-order valence-electron chi connectivity index (χ3n) is 19.4. The molecule has 5 fully saturated rings. The van der Waals surface area contributed by atoms with Crippen LogP contribution in [0, 0.1) is 11.8 Å². The number of aliphatic carboxylic acids is 1. The summed E-state index contributed by atoms with van der Waals surface area (Å²) in [6, 6.07) is -11.3. The van der Waals surface area contributed by atoms with Gasteiger partial charge >= 0.3 is 5.97 Å². The molecular weight excluding hydrogens is 1410 g/mol. The van der Waals surface area contributed by atoms with E-state index in [-0.39, 0.29) is 90.4 Å². The fraction of sp³-hybridized carbons (Fsp3) is 0.687. The topological polar surface area (TPSA) is 550 Å². The Kier molecular flexibility index (Phi) is 34.4. The first kappa shape index (κ1) is 85.7. The van der Waals surface area contributed by atoms with Gasteiger partial charge in [-0.3, -0.25) is 77.2 Å². The number of carbonyl (C=O) groups excluding carboxylic acids is 14. The molecule has 38 heteroatoms. The molecule has 0 spiro atoms. The van der Waals surface area contributed by atoms with Gasteiger partial charge in [-0.15, -0.1) is 0 Å². The maximum absolute atomic E-state index is 15.3. The van der Waals surface area contributed by atoms with Gasteiger partial charge in [0, 0.05) is 37.6 Å². The first-order valence-electron chi connectivity index (χ1n) is 36.1. The van der Waals surface area contributed by atoms with Crippen molar-refractivity contribution >= 4 is 110 Å². The summed E-state index contributed by atoms with van der Waals surface area (Å²) in [6.45, 7) is 6.72. The van der Waals surface area contributed by atoms with Gasteiger partial charge in [-0.2, -0.15) is 0 Å². The molecule has 5 saturated heterocycles. The second kappa shape index (κ2) is 42.2. The Hall–Kier alpha value is -8.27. The normalized spacial score (nSPS) is 28.7. The van der Waals surface area contributed by atoms with Crippen LogP contribution in [0.15, 0.2) is 30.3 Å². The number of unbranched alkanes of at least 4 members (excludes halogenated alkanes) is 1. The summed E-state index contributed by atoms with van der Waals surface area (Å²) in [4.78, 5) is 221. The molecule has 22 N–H and O–H groups in total. The monoisotopic (exact) mass is 1520 g/mol. The Morgan fingerprint density at radius 3 is 1.60 bits per heavy atom. The van der Waals surface area contributed by atoms with Crippen molar-refractivity contribution in [1.82, 2.24) is 78.5 Å². The van der Waals surface area contributed by atoms with Gasteiger partial charge in [0.1, 0.15) is 84.8 Å². The number of nitrogens with two attached hydrogens (primary N) is 2. The van der Waals surface area contributed by atoms with Crippen molar-refractivity contribution in [2.45, 2.75) is 222 Å². The molecule has 0 saturated carbocycles. The molecule has 0 unspecified atom stereocenters. The van der Waals surface area contributed by atoms with Gasteiger partial charge in [0.05, 0.1) is 32.2 Å². The Labute approximate surface area is 617 Å². The number of quaternary nitrogens is 1. The third-order valence-corrected chi connectivity index (χ3v) is 21.8. The molecule has 0 aromatic heterocycles. The van der Waals surface area contributed by atoms with Gasteiger partial charge in [0.2, 0.25) is 82.7 Å². The maximum atomic E-state index is 15.3. The number of hydrogen-bond donors (Lipinski definition) is 18. The summed E-state index contributed by atoms with van der Waals surface area (Å²) in [5, 5.41) is 63.0. The number of carboxylic acid groups (broad SMARTS) is 1. The third kappa shape index (κ3) is 24.9. The molecule has 2 bridgehead atoms. The molecule has 36 nitrogen and oxygen atoms in total. The van der Waals surface area contributed by atoms with E-state index >= 15 is 14.4 Å². The maximum Gasteiger partial charge on any atom is 0.305 e. The van der Waals surface area contributed by atoms with Crippen LogP contribution < -0.4 is 81.0 Å². The van der Waals surface area contributed by atoms with E-state index in [1.807, 2.05) is 0 Å². The highest BCUT2D eigenvalue weighted by Gasteiger charge is 2.47. The van der Waals surface area contributed by atoms with Crippen molar-refractivity contribution in [3.63, 3.8) is 0 Å². The lowest BCUT2D eigenvalue weighted by atomic mass is 9.96. The van der Waals surface area contributed by atoms with Crippen molar-refractivity contribution < 1.29 is 93.0 Å². The molecule has 1 aromatic carbocycles. The molecule has 5 aliphatic rings. The molecule has 0 aliphatic carbocycles. The number of nitrogens with zero attached hydrogens (tertiary/aromatic N) is 3. The number of carbonyl (C=O) groups is 15. The predicted molar refractivity (Wildman–Crippen MR) is 383 cm³/mol. The number of carboxylic acids is 1. The quantitative estimate of drug-likeness (QED) is 0.0348. The van der Waals surface area contributed by atoms with E-state index in [1.54, 1.807) is 58.0 Å². The standard InChI is InChI=1S/C67H106N18O18S2/c1-6-35(3)51-62(99)79-44-33-104-105-34-45(78-55(92)39(20-13-25-71-67(69)70)73-49(88)31-72-54(91)41(30-50(89)90)75-60(97)46-21-14-26-83(46)64(101)42(76-58(44)95)29-38-17-9-8-10-18-38)59(96)82-53(37(5)87)63(100)74-40(19-11-12-24-68)56(93)77-43(32-86)57(94)81-52(36(4)7-2)66(103)85-28-16-23-48(85)65(102)84-27-15-22-47(84)61(98)80-51/h8-10,17-18,35-37,39-48,51-53,67,71,86-87H,6-7,11-16,19-34,68-70H2,1-5H3,(H,72,91)(H,73,88)(H,74,100)(H,75,97)(H,76,95)(H,77,93)(H,78,92)(H,79,99)(H,80,98)(H,81,94)(H,82,96)(H,89,90)/p+1/t35-,36-,37+,39-,40-,41-,42-,43-,44-,45-,46-,47-,48-,51-,52-,53-/m0/s1. The summed E-state index contributed by atoms with van der Waals surface area (Å²) < 4.78 is 0. The first-order chi connectivity index (χ1) is 50.0. The van der Waals surface area contributed by atoms with E-state index in [0.717, 1.165) is 28.5 Å². The smallest absolute Gasteiger partial charge is 0.305 e. The average Bonchev–Trinajstić information content (AvgIpc) is 1.69. The number of nitrogens with one attached hydrogen (secondary N) is 12. The second-order valence-corrected chi connectivity index (χ2v) is 29.8. The van der Waals surface area contributed by atoms with Gasteiger partial charge in [-0.25, -0.2) is 0 Å². The zero-order valence-electron chi connectivity index (χ0n) is 60.2. The van der Waals surface area contributed by atoms with Crippen molar-refractivity contribution in [2.75, 3.05) is 57.4 Å². The first-order valence-corrected chi connectivity index (χ1v) is 38.6. The minimum atomic E-state index is -1.92. The Bertz CT molecular complexity index is 3230. The number of aliphatic hydroxyl groups excluding tert-OH is 2. The van der Waals surface area contributed by atoms with Crippen molar-refractivity contribution in [1.29, 1.82) is 0 Å². The lowest BCUT2D eigenvalue weighted by Gasteiger charge is -2.35. The SMILES string of the molecule is CC[C@H](C)[C@@H]1NC(=O)[C@@H]2CCCN2C(=O)[C@@H]2CCCN2C(=O)[C@H]([C@@H](C)CC)NC(=O)[C@H](CO)NC(=O)[C@H](CCCC[NH3+])NC(=O)[C@H]([C@@H](C)O)NC(=O)[C@@H]2CSSC[C@H](NC1=O)C(=O)N[C@@H](Cc1ccccc1)C(=O)N1CCC[C@H]1C(=O)N[C@@H](CC(=O)O)C(=O)NCC(=O)N[C@@H](CCCNC(N)N)C(=O)N2. The van der Waals surface area contributed by atoms with Crippen molar-refractivity contribution in [2.24, 2.45) is 23.3 Å². The zero-order chi connectivity index (χ0) is 77.2. The summed E-state index contributed by atoms with van der Waals surface area (Å²) in [6.07, 6.45) is -1.60. The molecule has 105 heavy (non-hydrogen) atoms. The summed E-state index contributed by atoms with van der Waals surface area (Å²) in [5.41, 5.74) is 15.8. The molecular formula is C67H107N18O18S2+. The number of rotatable bonds is 19. The van der Waals surface area contributed by atoms with Crippen molar-refractivity contribution in [3.05, 3.63) is 35.9 Å². The minimum Gasteiger partial charge on any atom is -0.481 e. The zero-order valence-corrected chi connectivity index (χ0v) is 61.8. The van der Waals surface area contributed by atoms with Crippen LogP contribution in [0.3, 0.4) is 0 Å². The molecule has 5 aliphatic heterocycles. The lowest BCUT2D eigenvalue weighted by Crippen LogP contribution is -2.63.